The molecule has 0 saturated heterocycles. The van der Waals surface area contributed by atoms with Crippen molar-refractivity contribution in [3.8, 4) is 0 Å². The van der Waals surface area contributed by atoms with Gasteiger partial charge in [0, 0.05) is 15.3 Å². The molecule has 11 heavy (non-hydrogen) atoms. The number of rotatable bonds is 6. The van der Waals surface area contributed by atoms with Crippen LogP contribution in [-0.2, 0) is 29.9 Å². The molecule has 0 aliphatic rings. The van der Waals surface area contributed by atoms with Crippen LogP contribution in [0.3, 0.4) is 0 Å². The van der Waals surface area contributed by atoms with Crippen molar-refractivity contribution in [3.05, 3.63) is 12.2 Å². The molecule has 0 rings (SSSR count). The van der Waals surface area contributed by atoms with Gasteiger partial charge < -0.3 is 4.89 Å². The van der Waals surface area contributed by atoms with Crippen molar-refractivity contribution in [2.45, 2.75) is 0 Å². The van der Waals surface area contributed by atoms with Gasteiger partial charge in [0.05, 0.1) is 0 Å². The molecule has 0 bridgehead atoms. The SMILES string of the molecule is FOOC=C(OOF)OOF. The molecule has 0 N–H and O–H groups in total. The maximum atomic E-state index is 10.8. The van der Waals surface area contributed by atoms with Crippen molar-refractivity contribution in [2.75, 3.05) is 0 Å². The van der Waals surface area contributed by atoms with Gasteiger partial charge in [-0.1, -0.05) is 0 Å². The molecule has 9 heteroatoms. The summed E-state index contributed by atoms with van der Waals surface area (Å²) in [5.41, 5.74) is 0. The molecular weight excluding hydrogens is 177 g/mol. The molecule has 0 atom stereocenters. The van der Waals surface area contributed by atoms with Crippen LogP contribution in [-0.4, -0.2) is 0 Å². The summed E-state index contributed by atoms with van der Waals surface area (Å²) in [6.45, 7) is 0. The number of hydrogen-bond donors (Lipinski definition) is 0. The molecule has 0 heterocycles. The lowest BCUT2D eigenvalue weighted by molar-refractivity contribution is -0.493. The van der Waals surface area contributed by atoms with Gasteiger partial charge in [-0.2, -0.15) is 0 Å². The Balaban J connectivity index is 3.66. The maximum absolute atomic E-state index is 10.8. The van der Waals surface area contributed by atoms with Gasteiger partial charge in [0.1, 0.15) is 0 Å². The Kier molecular flexibility index (Phi) is 6.17. The first-order valence-electron chi connectivity index (χ1n) is 1.90. The monoisotopic (exact) mass is 178 g/mol. The van der Waals surface area contributed by atoms with E-state index < -0.39 is 5.95 Å². The van der Waals surface area contributed by atoms with Crippen molar-refractivity contribution in [3.63, 3.8) is 0 Å². The standard InChI is InChI=1S/C2HF3O6/c3-9-6-1-2(7-10-4)8-11-5/h1H. The molecule has 0 fully saturated rings. The first-order chi connectivity index (χ1) is 5.35. The molecule has 66 valence electrons. The molecule has 0 saturated carbocycles. The van der Waals surface area contributed by atoms with Crippen LogP contribution in [0.4, 0.5) is 13.6 Å². The number of hydrogen-bond acceptors (Lipinski definition) is 6. The van der Waals surface area contributed by atoms with Crippen LogP contribution >= 0.6 is 0 Å². The van der Waals surface area contributed by atoms with E-state index in [9.17, 15) is 13.6 Å². The van der Waals surface area contributed by atoms with Crippen LogP contribution in [0.2, 0.25) is 0 Å². The van der Waals surface area contributed by atoms with E-state index in [0.717, 1.165) is 0 Å². The summed E-state index contributed by atoms with van der Waals surface area (Å²) < 4.78 is 32.3. The topological polar surface area (TPSA) is 55.4 Å². The minimum absolute atomic E-state index is 0.166. The lowest BCUT2D eigenvalue weighted by Crippen LogP contribution is -1.94. The summed E-state index contributed by atoms with van der Waals surface area (Å²) in [4.78, 5) is 9.97. The summed E-state index contributed by atoms with van der Waals surface area (Å²) in [5, 5.41) is 7.38. The van der Waals surface area contributed by atoms with E-state index in [2.05, 4.69) is 29.9 Å². The second kappa shape index (κ2) is 6.92. The van der Waals surface area contributed by atoms with Crippen molar-refractivity contribution in [1.82, 2.24) is 0 Å². The molecule has 0 amide bonds. The summed E-state index contributed by atoms with van der Waals surface area (Å²) in [5.74, 6) is -1.10. The first kappa shape index (κ1) is 9.81. The van der Waals surface area contributed by atoms with Crippen LogP contribution in [0.15, 0.2) is 12.2 Å². The van der Waals surface area contributed by atoms with Gasteiger partial charge in [0.25, 0.3) is 0 Å². The highest BCUT2D eigenvalue weighted by Gasteiger charge is 2.04. The summed E-state index contributed by atoms with van der Waals surface area (Å²) in [6.07, 6.45) is 0.166. The van der Waals surface area contributed by atoms with Gasteiger partial charge in [0.2, 0.25) is 6.26 Å². The Morgan fingerprint density at radius 2 is 1.45 bits per heavy atom. The Bertz CT molecular complexity index is 108. The van der Waals surface area contributed by atoms with Gasteiger partial charge in [-0.15, -0.1) is 0 Å². The van der Waals surface area contributed by atoms with Gasteiger partial charge in [-0.05, 0) is 13.6 Å². The second-order valence-electron chi connectivity index (χ2n) is 0.889. The van der Waals surface area contributed by atoms with Crippen molar-refractivity contribution >= 4 is 0 Å². The molecule has 0 unspecified atom stereocenters. The van der Waals surface area contributed by atoms with Crippen LogP contribution in [0.5, 0.6) is 0 Å². The summed E-state index contributed by atoms with van der Waals surface area (Å²) >= 11 is 0. The Labute approximate surface area is 57.1 Å². The smallest absolute Gasteiger partial charge is 0.305 e. The minimum Gasteiger partial charge on any atom is -0.305 e. The van der Waals surface area contributed by atoms with Crippen LogP contribution in [0.1, 0.15) is 0 Å². The largest absolute Gasteiger partial charge is 0.398 e. The molecule has 0 radical (unpaired) electrons. The Morgan fingerprint density at radius 3 is 1.82 bits per heavy atom. The lowest BCUT2D eigenvalue weighted by Gasteiger charge is -1.96. The normalized spacial score (nSPS) is 8.64. The summed E-state index contributed by atoms with van der Waals surface area (Å²) in [6, 6.07) is 0. The zero-order chi connectivity index (χ0) is 8.53. The van der Waals surface area contributed by atoms with E-state index >= 15 is 0 Å². The predicted molar refractivity (Wildman–Crippen MR) is 17.9 cm³/mol. The second-order valence-corrected chi connectivity index (χ2v) is 0.889. The third-order valence-electron chi connectivity index (χ3n) is 0.408. The zero-order valence-corrected chi connectivity index (χ0v) is 4.66. The van der Waals surface area contributed by atoms with Crippen molar-refractivity contribution in [1.29, 1.82) is 0 Å². The minimum atomic E-state index is -1.10. The van der Waals surface area contributed by atoms with Crippen LogP contribution < -0.4 is 0 Å². The van der Waals surface area contributed by atoms with Gasteiger partial charge in [-0.25, -0.2) is 0 Å². The molecule has 0 aromatic carbocycles. The fraction of sp³-hybridized carbons (Fsp3) is 0. The highest BCUT2D eigenvalue weighted by atomic mass is 19.3. The zero-order valence-electron chi connectivity index (χ0n) is 4.66. The van der Waals surface area contributed by atoms with E-state index in [1.165, 1.54) is 0 Å². The van der Waals surface area contributed by atoms with E-state index in [4.69, 9.17) is 0 Å². The average Bonchev–Trinajstić information content (AvgIpc) is 2.01. The highest BCUT2D eigenvalue weighted by Crippen LogP contribution is 2.02. The molecule has 0 aromatic rings. The molecule has 0 aromatic heterocycles. The molecule has 6 nitrogen and oxygen atoms in total. The molecular formula is C2HF3O6. The summed E-state index contributed by atoms with van der Waals surface area (Å²) in [7, 11) is 0. The lowest BCUT2D eigenvalue weighted by atomic mass is 11.0. The fourth-order valence-electron chi connectivity index (χ4n) is 0.173. The quantitative estimate of drug-likeness (QED) is 0.347. The van der Waals surface area contributed by atoms with Crippen LogP contribution in [0, 0.1) is 0 Å². The predicted octanol–water partition coefficient (Wildman–Crippen LogP) is 1.28. The van der Waals surface area contributed by atoms with Gasteiger partial charge in [-0.3, -0.25) is 9.78 Å². The molecule has 0 aliphatic heterocycles. The Morgan fingerprint density at radius 1 is 0.909 bits per heavy atom. The van der Waals surface area contributed by atoms with E-state index in [1.54, 1.807) is 0 Å². The van der Waals surface area contributed by atoms with E-state index in [0.29, 0.717) is 0 Å². The highest BCUT2D eigenvalue weighted by molar-refractivity contribution is 4.69. The third kappa shape index (κ3) is 5.26. The van der Waals surface area contributed by atoms with Crippen LogP contribution in [0.25, 0.3) is 0 Å². The average molecular weight is 178 g/mol. The molecule has 0 spiro atoms. The van der Waals surface area contributed by atoms with Gasteiger partial charge >= 0.3 is 5.95 Å². The van der Waals surface area contributed by atoms with Gasteiger partial charge in [0.15, 0.2) is 0 Å². The Hall–Kier alpha value is -1.19. The maximum Gasteiger partial charge on any atom is 0.398 e. The third-order valence-corrected chi connectivity index (χ3v) is 0.408. The van der Waals surface area contributed by atoms with Crippen molar-refractivity contribution in [2.24, 2.45) is 0 Å². The first-order valence-corrected chi connectivity index (χ1v) is 1.90. The van der Waals surface area contributed by atoms with E-state index in [-0.39, 0.29) is 6.26 Å². The van der Waals surface area contributed by atoms with Crippen molar-refractivity contribution < 1.29 is 43.5 Å². The van der Waals surface area contributed by atoms with E-state index in [1.807, 2.05) is 0 Å². The number of halogens is 3. The fourth-order valence-corrected chi connectivity index (χ4v) is 0.173. The molecule has 0 aliphatic carbocycles.